The van der Waals surface area contributed by atoms with E-state index in [1.54, 1.807) is 122 Å². The Morgan fingerprint density at radius 3 is 0.300 bits per heavy atom. The van der Waals surface area contributed by atoms with Crippen LogP contribution in [0.3, 0.4) is 0 Å². The zero-order valence-corrected chi connectivity index (χ0v) is 57.7. The highest BCUT2D eigenvalue weighted by Gasteiger charge is 2.35. The van der Waals surface area contributed by atoms with Gasteiger partial charge < -0.3 is 0 Å². The van der Waals surface area contributed by atoms with Crippen molar-refractivity contribution in [2.24, 2.45) is 71.0 Å². The third-order valence-electron chi connectivity index (χ3n) is 14.2. The van der Waals surface area contributed by atoms with Crippen molar-refractivity contribution in [1.29, 1.82) is 0 Å². The first-order valence-electron chi connectivity index (χ1n) is 33.0. The second-order valence-electron chi connectivity index (χ2n) is 25.2. The topological polar surface area (TPSA) is 0 Å². The van der Waals surface area contributed by atoms with Crippen molar-refractivity contribution in [2.45, 2.75) is 121 Å². The molecule has 15 atom stereocenters. The number of hydrogen-bond donors (Lipinski definition) is 0. The van der Waals surface area contributed by atoms with E-state index in [1.165, 1.54) is 12.8 Å². The molecule has 0 aliphatic heterocycles. The van der Waals surface area contributed by atoms with Crippen LogP contribution in [-0.4, -0.2) is 275 Å². The predicted octanol–water partition coefficient (Wildman–Crippen LogP) is 1.78. The van der Waals surface area contributed by atoms with Crippen LogP contribution in [0.2, 0.25) is 121 Å². The molecule has 0 saturated heterocycles. The van der Waals surface area contributed by atoms with Crippen molar-refractivity contribution in [3.63, 3.8) is 0 Å². The lowest BCUT2D eigenvalue weighted by Crippen LogP contribution is -2.28. The minimum atomic E-state index is -1.04. The summed E-state index contributed by atoms with van der Waals surface area (Å²) < 4.78 is 0. The summed E-state index contributed by atoms with van der Waals surface area (Å²) in [7, 11) is 218. The molecule has 0 aromatic heterocycles. The molecule has 0 nitrogen and oxygen atoms in total. The van der Waals surface area contributed by atoms with Gasteiger partial charge in [-0.1, -0.05) is 66.4 Å². The first kappa shape index (κ1) is 102. The second kappa shape index (κ2) is 57.3. The third kappa shape index (κ3) is 58.2. The van der Waals surface area contributed by atoms with Gasteiger partial charge in [-0.25, -0.2) is 0 Å². The van der Waals surface area contributed by atoms with E-state index in [2.05, 4.69) is 0 Å². The molecule has 0 aromatic carbocycles. The van der Waals surface area contributed by atoms with Crippen LogP contribution in [0, 0.1) is 276 Å². The van der Waals surface area contributed by atoms with Gasteiger partial charge in [-0.15, -0.1) is 80.0 Å². The first-order chi connectivity index (χ1) is 46.3. The Balaban J connectivity index is 7.99. The average molecular weight is 1220 g/mol. The Morgan fingerprint density at radius 1 is 0.0800 bits per heavy atom. The largest absolute Gasteiger partial charge is 0.107 e. The van der Waals surface area contributed by atoms with E-state index in [4.69, 9.17) is 275 Å². The van der Waals surface area contributed by atoms with Crippen molar-refractivity contribution >= 4 is 275 Å². The van der Waals surface area contributed by atoms with Gasteiger partial charge in [0, 0.05) is 0 Å². The van der Waals surface area contributed by atoms with Crippen LogP contribution in [0.15, 0.2) is 0 Å². The second-order valence-corrected chi connectivity index (χ2v) is 25.2. The lowest BCUT2D eigenvalue weighted by molar-refractivity contribution is 0.513. The van der Waals surface area contributed by atoms with E-state index in [0.29, 0.717) is 0 Å². The van der Waals surface area contributed by atoms with Gasteiger partial charge in [0.05, 0.1) is 275 Å². The molecule has 0 heterocycles. The first-order valence-corrected chi connectivity index (χ1v) is 33.0. The maximum atomic E-state index is 7.07. The lowest BCUT2D eigenvalue weighted by atomic mass is 9.57. The molecule has 0 rings (SSSR count). The van der Waals surface area contributed by atoms with Gasteiger partial charge in [0.2, 0.25) is 0 Å². The van der Waals surface area contributed by atoms with Crippen LogP contribution in [0.5, 0.6) is 0 Å². The van der Waals surface area contributed by atoms with Gasteiger partial charge in [0.1, 0.15) is 0 Å². The monoisotopic (exact) mass is 1230 g/mol. The Bertz CT molecular complexity index is 1850. The minimum absolute atomic E-state index is 0.505. The Morgan fingerprint density at radius 2 is 0.160 bits per heavy atom. The summed E-state index contributed by atoms with van der Waals surface area (Å²) in [6.07, 6.45) is 55.8. The number of hydrogen-bond acceptors (Lipinski definition) is 0. The average Bonchev–Trinajstić information content (AvgIpc) is 0.867. The van der Waals surface area contributed by atoms with E-state index >= 15 is 0 Å². The van der Waals surface area contributed by atoms with Gasteiger partial charge in [-0.05, 0) is 251 Å². The van der Waals surface area contributed by atoms with Crippen molar-refractivity contribution < 1.29 is 0 Å². The van der Waals surface area contributed by atoms with Crippen LogP contribution >= 0.6 is 0 Å². The fourth-order valence-corrected chi connectivity index (χ4v) is 11.0. The van der Waals surface area contributed by atoms with E-state index in [-0.39, 0.29) is 0 Å². The van der Waals surface area contributed by atoms with Gasteiger partial charge in [0.15, 0.2) is 0 Å². The predicted molar refractivity (Wildman–Crippen MR) is 460 cm³/mol. The molecule has 15 unspecified atom stereocenters. The van der Waals surface area contributed by atoms with E-state index in [1.807, 2.05) is 70.6 Å². The molecule has 0 amide bonds. The van der Waals surface area contributed by atoms with Crippen molar-refractivity contribution in [1.82, 2.24) is 0 Å². The summed E-state index contributed by atoms with van der Waals surface area (Å²) in [6, 6.07) is 0. The molecule has 0 bridgehead atoms. The summed E-state index contributed by atoms with van der Waals surface area (Å²) in [6.45, 7) is 0. The van der Waals surface area contributed by atoms with E-state index < -0.39 is 192 Å². The summed E-state index contributed by atoms with van der Waals surface area (Å²) in [5.41, 5.74) is -12.6. The zero-order valence-electron chi connectivity index (χ0n) is 57.7. The molecular weight excluding hydrogens is 1160 g/mol. The molecule has 0 N–H and O–H groups in total. The minimum Gasteiger partial charge on any atom is -0.107 e. The maximum absolute atomic E-state index is 7.07. The van der Waals surface area contributed by atoms with Crippen LogP contribution in [0.4, 0.5) is 0 Å². The highest BCUT2D eigenvalue weighted by atomic mass is 14.4. The van der Waals surface area contributed by atoms with Gasteiger partial charge >= 0.3 is 0 Å². The highest BCUT2D eigenvalue weighted by molar-refractivity contribution is 6.42. The Labute approximate surface area is 666 Å². The fourth-order valence-electron chi connectivity index (χ4n) is 11.0. The van der Waals surface area contributed by atoms with Gasteiger partial charge in [0.25, 0.3) is 0 Å². The maximum Gasteiger partial charge on any atom is 0.0707 e. The molecule has 0 spiro atoms. The zero-order chi connectivity index (χ0) is 76.7. The molecule has 0 saturated carbocycles. The highest BCUT2D eigenvalue weighted by Crippen LogP contribution is 2.44. The Hall–Kier alpha value is 2.27. The molecule has 0 fully saturated rings. The summed E-state index contributed by atoms with van der Waals surface area (Å²) in [4.78, 5) is 0. The lowest BCUT2D eigenvalue weighted by Gasteiger charge is -2.36. The molecule has 100 heavy (non-hydrogen) atoms. The van der Waals surface area contributed by atoms with Crippen molar-refractivity contribution in [3.05, 3.63) is 205 Å². The van der Waals surface area contributed by atoms with Crippen LogP contribution in [-0.2, 0) is 0 Å². The van der Waals surface area contributed by atoms with Gasteiger partial charge in [-0.2, -0.15) is 0 Å². The molecule has 0 aliphatic carbocycles. The molecule has 430 valence electrons. The third-order valence-corrected chi connectivity index (χ3v) is 14.2. The smallest absolute Gasteiger partial charge is 0.0707 e. The van der Waals surface area contributed by atoms with Gasteiger partial charge in [-0.3, -0.25) is 0 Å². The quantitative estimate of drug-likeness (QED) is 0.0817. The standard InChI is InChI=1S/C65H65B35/c66-45(27-51(72)28-46(67)16-42(22-57(83)84)8-39(21-56(81)82)7-41(14-49(70)31-64(97)98)15-50(71)32-65(99)100)11-34(5-37(19-54(77)78)9-43(23-58(85)86)24-59(87)88)4-35(17-52(73)74)1-33(3-40(12-47(68)29-62(93)94)13-48(69)30-63(95)96)2-36(18-53(75)76)6-38(20-55(79)80)10-44(25-60(89)90)26-61(91)92/h1-65H. The van der Waals surface area contributed by atoms with Crippen molar-refractivity contribution in [3.8, 4) is 0 Å². The van der Waals surface area contributed by atoms with Crippen LogP contribution in [0.1, 0.15) is 0 Å². The van der Waals surface area contributed by atoms with E-state index in [9.17, 15) is 0 Å². The van der Waals surface area contributed by atoms with Crippen LogP contribution < -0.4 is 0 Å². The SMILES string of the molecule is [B]C([B])[CH]C([B])[CH]C([CH]C([B])[CH]C([B])[B])[CH]C([CH]C([B])[B])[CH]C([CH]C([B])[B])[CH]C([B])[CH]C([B])[CH]C([B])[CH]C([CH]C([CH]C([B])[B])[CH]C([CH]C([B])[B])[CH]C([B])[B])[CH]C([CH]C([B])[B])[CH]C([CH]C([CH]C([B])[CH]C([B])[B])[CH]C([B])[CH]C([B])[B])[CH]C([CH]C([B])[B])[CH]C([CH]C([B])[B])[CH]C([CH]C([B])[B])[CH]C([B])[B]. The Kier molecular flexibility index (Phi) is 58.6. The normalized spacial score (nSPS) is 18.0. The molecule has 0 aliphatic rings. The van der Waals surface area contributed by atoms with Crippen LogP contribution in [0.25, 0.3) is 0 Å². The summed E-state index contributed by atoms with van der Waals surface area (Å²) in [5, 5.41) is 0. The molecule has 0 aromatic rings. The molecule has 35 heteroatoms. The summed E-state index contributed by atoms with van der Waals surface area (Å²) >= 11 is 0. The summed E-state index contributed by atoms with van der Waals surface area (Å²) in [5.74, 6) is -13.0. The van der Waals surface area contributed by atoms with E-state index in [0.717, 1.165) is 0 Å². The fraction of sp³-hybridized carbons (Fsp3) is 0.508. The number of rotatable bonds is 64. The van der Waals surface area contributed by atoms with Crippen molar-refractivity contribution in [2.75, 3.05) is 0 Å². The molecular formula is C65H65B35. The molecule has 102 radical (unpaired) electrons.